The summed E-state index contributed by atoms with van der Waals surface area (Å²) in [5, 5.41) is 12.0. The van der Waals surface area contributed by atoms with Gasteiger partial charge < -0.3 is 10.0 Å². The topological polar surface area (TPSA) is 69.6 Å². The van der Waals surface area contributed by atoms with Gasteiger partial charge in [0.15, 0.2) is 0 Å². The van der Waals surface area contributed by atoms with E-state index >= 15 is 0 Å². The first-order chi connectivity index (χ1) is 7.20. The van der Waals surface area contributed by atoms with Crippen LogP contribution in [0.5, 0.6) is 0 Å². The van der Waals surface area contributed by atoms with Crippen LogP contribution in [0.3, 0.4) is 0 Å². The van der Waals surface area contributed by atoms with Crippen LogP contribution in [0.25, 0.3) is 0 Å². The van der Waals surface area contributed by atoms with Gasteiger partial charge in [0.1, 0.15) is 6.04 Å². The molecule has 2 N–H and O–H groups in total. The number of thioether (sulfide) groups is 1. The lowest BCUT2D eigenvalue weighted by molar-refractivity contribution is -0.148. The van der Waals surface area contributed by atoms with E-state index < -0.39 is 12.0 Å². The number of carboxylic acid groups (broad SMARTS) is 1. The second-order valence-corrected chi connectivity index (χ2v) is 4.83. The van der Waals surface area contributed by atoms with Crippen LogP contribution in [-0.2, 0) is 9.59 Å². The lowest BCUT2D eigenvalue weighted by Crippen LogP contribution is -2.49. The maximum Gasteiger partial charge on any atom is 0.326 e. The van der Waals surface area contributed by atoms with Crippen molar-refractivity contribution in [3.8, 4) is 0 Å². The predicted octanol–water partition coefficient (Wildman–Crippen LogP) is -0.276. The highest BCUT2D eigenvalue weighted by Crippen LogP contribution is 2.21. The summed E-state index contributed by atoms with van der Waals surface area (Å²) < 4.78 is 0. The maximum absolute atomic E-state index is 11.9. The van der Waals surface area contributed by atoms with Crippen molar-refractivity contribution in [1.29, 1.82) is 0 Å². The standard InChI is InChI=1S/C9H14N2O3S/c12-8(6-4-15-5-10-6)11-3-1-2-7(11)9(13)14/h6-7,10H,1-5H2,(H,13,14). The third-order valence-electron chi connectivity index (χ3n) is 2.84. The molecule has 6 heteroatoms. The molecule has 2 aliphatic rings. The Bertz CT molecular complexity index is 279. The Morgan fingerprint density at radius 3 is 2.87 bits per heavy atom. The average Bonchev–Trinajstić information content (AvgIpc) is 2.88. The van der Waals surface area contributed by atoms with Crippen molar-refractivity contribution in [2.24, 2.45) is 0 Å². The number of nitrogens with one attached hydrogen (secondary N) is 1. The highest BCUT2D eigenvalue weighted by molar-refractivity contribution is 7.99. The molecule has 0 radical (unpaired) electrons. The van der Waals surface area contributed by atoms with E-state index in [0.717, 1.165) is 18.1 Å². The number of aliphatic carboxylic acids is 1. The summed E-state index contributed by atoms with van der Waals surface area (Å²) in [5.74, 6) is 0.598. The van der Waals surface area contributed by atoms with Gasteiger partial charge in [-0.15, -0.1) is 11.8 Å². The van der Waals surface area contributed by atoms with Crippen LogP contribution in [0.1, 0.15) is 12.8 Å². The van der Waals surface area contributed by atoms with E-state index in [1.165, 1.54) is 4.90 Å². The number of carboxylic acids is 1. The number of hydrogen-bond donors (Lipinski definition) is 2. The Labute approximate surface area is 92.2 Å². The molecule has 0 aromatic rings. The van der Waals surface area contributed by atoms with Gasteiger partial charge in [0.2, 0.25) is 5.91 Å². The number of amides is 1. The summed E-state index contributed by atoms with van der Waals surface area (Å²) in [5.41, 5.74) is 0. The molecule has 2 aliphatic heterocycles. The molecule has 2 fully saturated rings. The first kappa shape index (κ1) is 10.8. The molecule has 0 saturated carbocycles. The van der Waals surface area contributed by atoms with Gasteiger partial charge in [-0.2, -0.15) is 0 Å². The number of hydrogen-bond acceptors (Lipinski definition) is 4. The zero-order chi connectivity index (χ0) is 10.8. The Kier molecular flexibility index (Phi) is 3.16. The Morgan fingerprint density at radius 2 is 2.27 bits per heavy atom. The summed E-state index contributed by atoms with van der Waals surface area (Å²) >= 11 is 1.67. The van der Waals surface area contributed by atoms with Gasteiger partial charge in [-0.1, -0.05) is 0 Å². The van der Waals surface area contributed by atoms with E-state index in [0.29, 0.717) is 13.0 Å². The van der Waals surface area contributed by atoms with Crippen molar-refractivity contribution in [3.05, 3.63) is 0 Å². The highest BCUT2D eigenvalue weighted by Gasteiger charge is 2.37. The van der Waals surface area contributed by atoms with Gasteiger partial charge in [-0.25, -0.2) is 4.79 Å². The quantitative estimate of drug-likeness (QED) is 0.683. The number of nitrogens with zero attached hydrogens (tertiary/aromatic N) is 1. The van der Waals surface area contributed by atoms with Crippen LogP contribution < -0.4 is 5.32 Å². The second-order valence-electron chi connectivity index (χ2n) is 3.80. The fraction of sp³-hybridized carbons (Fsp3) is 0.778. The van der Waals surface area contributed by atoms with E-state index in [-0.39, 0.29) is 11.9 Å². The highest BCUT2D eigenvalue weighted by atomic mass is 32.2. The van der Waals surface area contributed by atoms with Crippen molar-refractivity contribution >= 4 is 23.6 Å². The minimum Gasteiger partial charge on any atom is -0.480 e. The summed E-state index contributed by atoms with van der Waals surface area (Å²) in [6.07, 6.45) is 1.38. The first-order valence-electron chi connectivity index (χ1n) is 5.04. The SMILES string of the molecule is O=C(O)C1CCCN1C(=O)C1CSCN1. The van der Waals surface area contributed by atoms with Crippen LogP contribution in [0, 0.1) is 0 Å². The van der Waals surface area contributed by atoms with Crippen LogP contribution in [-0.4, -0.2) is 52.1 Å². The predicted molar refractivity (Wildman–Crippen MR) is 56.6 cm³/mol. The normalized spacial score (nSPS) is 30.8. The molecular formula is C9H14N2O3S. The number of likely N-dealkylation sites (tertiary alicyclic amines) is 1. The molecule has 0 spiro atoms. The summed E-state index contributed by atoms with van der Waals surface area (Å²) in [6, 6.07) is -0.792. The number of rotatable bonds is 2. The van der Waals surface area contributed by atoms with Gasteiger partial charge >= 0.3 is 5.97 Å². The van der Waals surface area contributed by atoms with Crippen LogP contribution in [0.2, 0.25) is 0 Å². The largest absolute Gasteiger partial charge is 0.480 e. The van der Waals surface area contributed by atoms with Gasteiger partial charge in [0.05, 0.1) is 6.04 Å². The molecule has 1 amide bonds. The third-order valence-corrected chi connectivity index (χ3v) is 3.78. The Balaban J connectivity index is 2.02. The molecule has 2 saturated heterocycles. The lowest BCUT2D eigenvalue weighted by atomic mass is 10.2. The van der Waals surface area contributed by atoms with Crippen molar-refractivity contribution in [3.63, 3.8) is 0 Å². The van der Waals surface area contributed by atoms with Crippen LogP contribution in [0.4, 0.5) is 0 Å². The second kappa shape index (κ2) is 4.40. The lowest BCUT2D eigenvalue weighted by Gasteiger charge is -2.24. The zero-order valence-corrected chi connectivity index (χ0v) is 9.13. The molecule has 0 bridgehead atoms. The Morgan fingerprint density at radius 1 is 1.47 bits per heavy atom. The molecule has 0 aliphatic carbocycles. The minimum atomic E-state index is -0.883. The smallest absolute Gasteiger partial charge is 0.326 e. The van der Waals surface area contributed by atoms with E-state index in [1.54, 1.807) is 11.8 Å². The van der Waals surface area contributed by atoms with Gasteiger partial charge in [-0.3, -0.25) is 10.1 Å². The van der Waals surface area contributed by atoms with Gasteiger partial charge in [0.25, 0.3) is 0 Å². The molecule has 84 valence electrons. The molecule has 2 unspecified atom stereocenters. The molecule has 0 aromatic heterocycles. The molecule has 5 nitrogen and oxygen atoms in total. The zero-order valence-electron chi connectivity index (χ0n) is 8.31. The molecule has 15 heavy (non-hydrogen) atoms. The summed E-state index contributed by atoms with van der Waals surface area (Å²) in [7, 11) is 0. The molecule has 0 aromatic carbocycles. The summed E-state index contributed by atoms with van der Waals surface area (Å²) in [6.45, 7) is 0.582. The van der Waals surface area contributed by atoms with Crippen molar-refractivity contribution in [2.45, 2.75) is 24.9 Å². The summed E-state index contributed by atoms with van der Waals surface area (Å²) in [4.78, 5) is 24.4. The molecule has 2 atom stereocenters. The van der Waals surface area contributed by atoms with Crippen molar-refractivity contribution in [2.75, 3.05) is 18.2 Å². The van der Waals surface area contributed by atoms with Crippen molar-refractivity contribution < 1.29 is 14.7 Å². The fourth-order valence-corrected chi connectivity index (χ4v) is 2.97. The van der Waals surface area contributed by atoms with Gasteiger partial charge in [-0.05, 0) is 12.8 Å². The molecule has 2 heterocycles. The Hall–Kier alpha value is -0.750. The van der Waals surface area contributed by atoms with E-state index in [1.807, 2.05) is 0 Å². The van der Waals surface area contributed by atoms with Crippen LogP contribution in [0.15, 0.2) is 0 Å². The first-order valence-corrected chi connectivity index (χ1v) is 6.20. The van der Waals surface area contributed by atoms with E-state index in [4.69, 9.17) is 5.11 Å². The van der Waals surface area contributed by atoms with Gasteiger partial charge in [0, 0.05) is 18.2 Å². The molecule has 2 rings (SSSR count). The third kappa shape index (κ3) is 2.10. The molecular weight excluding hydrogens is 216 g/mol. The van der Waals surface area contributed by atoms with E-state index in [9.17, 15) is 9.59 Å². The average molecular weight is 230 g/mol. The number of carbonyl (C=O) groups excluding carboxylic acids is 1. The van der Waals surface area contributed by atoms with Crippen LogP contribution >= 0.6 is 11.8 Å². The number of carbonyl (C=O) groups is 2. The van der Waals surface area contributed by atoms with Crippen molar-refractivity contribution in [1.82, 2.24) is 10.2 Å². The fourth-order valence-electron chi connectivity index (χ4n) is 2.04. The monoisotopic (exact) mass is 230 g/mol. The van der Waals surface area contributed by atoms with E-state index in [2.05, 4.69) is 5.32 Å². The maximum atomic E-state index is 11.9. The minimum absolute atomic E-state index is 0.0510.